The van der Waals surface area contributed by atoms with Gasteiger partial charge in [-0.15, -0.1) is 0 Å². The molecular weight excluding hydrogens is 877 g/mol. The molecule has 0 heterocycles. The number of hydrogen-bond donors (Lipinski definition) is 0. The van der Waals surface area contributed by atoms with Crippen LogP contribution in [-0.2, 0) is 0 Å². The quantitative estimate of drug-likeness (QED) is 0.0421. The molecule has 1 aliphatic rings. The predicted octanol–water partition coefficient (Wildman–Crippen LogP) is 26.1. The highest BCUT2D eigenvalue weighted by Gasteiger charge is 2.39. The summed E-state index contributed by atoms with van der Waals surface area (Å²) in [5, 5.41) is 0. The zero-order chi connectivity index (χ0) is 54.1. The van der Waals surface area contributed by atoms with Crippen LogP contribution < -0.4 is 0 Å². The highest BCUT2D eigenvalue weighted by molar-refractivity contribution is 4.93. The van der Waals surface area contributed by atoms with Gasteiger partial charge in [0.25, 0.3) is 0 Å². The van der Waals surface area contributed by atoms with Gasteiger partial charge in [0.2, 0.25) is 0 Å². The number of unbranched alkanes of at least 4 members (excludes halogenated alkanes) is 17. The minimum atomic E-state index is 0.702. The van der Waals surface area contributed by atoms with E-state index in [1.807, 2.05) is 0 Å². The van der Waals surface area contributed by atoms with E-state index in [-0.39, 0.29) is 0 Å². The minimum Gasteiger partial charge on any atom is -0.0880 e. The van der Waals surface area contributed by atoms with E-state index in [2.05, 4.69) is 116 Å². The summed E-state index contributed by atoms with van der Waals surface area (Å²) in [4.78, 5) is 0. The van der Waals surface area contributed by atoms with E-state index in [4.69, 9.17) is 0 Å². The van der Waals surface area contributed by atoms with E-state index in [1.54, 1.807) is 6.42 Å². The maximum absolute atomic E-state index is 2.68. The van der Waals surface area contributed by atoms with Crippen molar-refractivity contribution in [2.45, 2.75) is 367 Å². The van der Waals surface area contributed by atoms with Crippen molar-refractivity contribution >= 4 is 0 Å². The largest absolute Gasteiger partial charge is 0.0880 e. The molecule has 0 bridgehead atoms. The second-order valence-electron chi connectivity index (χ2n) is 28.2. The Morgan fingerprint density at radius 2 is 0.822 bits per heavy atom. The van der Waals surface area contributed by atoms with Crippen molar-refractivity contribution in [3.63, 3.8) is 0 Å². The van der Waals surface area contributed by atoms with Crippen molar-refractivity contribution in [1.29, 1.82) is 0 Å². The van der Waals surface area contributed by atoms with Gasteiger partial charge in [0.1, 0.15) is 0 Å². The minimum absolute atomic E-state index is 0.702. The molecule has 0 nitrogen and oxygen atoms in total. The van der Waals surface area contributed by atoms with Gasteiger partial charge in [-0.2, -0.15) is 0 Å². The summed E-state index contributed by atoms with van der Waals surface area (Å²) in [6.45, 7) is 37.6. The molecule has 0 aromatic rings. The Bertz CT molecular complexity index is 1180. The van der Waals surface area contributed by atoms with E-state index in [1.165, 1.54) is 257 Å². The van der Waals surface area contributed by atoms with Gasteiger partial charge in [0, 0.05) is 0 Å². The summed E-state index contributed by atoms with van der Waals surface area (Å²) < 4.78 is 0. The summed E-state index contributed by atoms with van der Waals surface area (Å²) in [5.74, 6) is 13.4. The fourth-order valence-corrected chi connectivity index (χ4v) is 14.5. The van der Waals surface area contributed by atoms with Crippen molar-refractivity contribution in [3.05, 3.63) is 12.2 Å². The van der Waals surface area contributed by atoms with Crippen molar-refractivity contribution in [3.8, 4) is 0 Å². The van der Waals surface area contributed by atoms with E-state index in [0.29, 0.717) is 5.92 Å². The average molecular weight is 1020 g/mol. The zero-order valence-corrected chi connectivity index (χ0v) is 53.8. The number of hydrogen-bond acceptors (Lipinski definition) is 0. The molecule has 0 aromatic carbocycles. The van der Waals surface area contributed by atoms with Gasteiger partial charge in [0.15, 0.2) is 0 Å². The molecule has 1 fully saturated rings. The Morgan fingerprint density at radius 3 is 1.40 bits per heavy atom. The topological polar surface area (TPSA) is 0 Å². The second kappa shape index (κ2) is 46.6. The first-order valence-corrected chi connectivity index (χ1v) is 34.8. The van der Waals surface area contributed by atoms with Gasteiger partial charge in [-0.25, -0.2) is 0 Å². The monoisotopic (exact) mass is 1020 g/mol. The fraction of sp³-hybridized carbons (Fsp3) is 0.973. The lowest BCUT2D eigenvalue weighted by atomic mass is 9.76. The molecule has 0 aromatic heterocycles. The third-order valence-electron chi connectivity index (χ3n) is 20.6. The Hall–Kier alpha value is -0.260. The van der Waals surface area contributed by atoms with Crippen LogP contribution in [0.1, 0.15) is 367 Å². The summed E-state index contributed by atoms with van der Waals surface area (Å²) in [7, 11) is 0. The van der Waals surface area contributed by atoms with Crippen molar-refractivity contribution in [2.24, 2.45) is 88.8 Å². The fourth-order valence-electron chi connectivity index (χ4n) is 14.5. The zero-order valence-electron chi connectivity index (χ0n) is 53.8. The molecule has 436 valence electrons. The third-order valence-corrected chi connectivity index (χ3v) is 20.6. The maximum Gasteiger partial charge on any atom is -0.0231 e. The lowest BCUT2D eigenvalue weighted by Gasteiger charge is -2.29. The number of rotatable bonds is 54. The van der Waals surface area contributed by atoms with Gasteiger partial charge in [-0.3, -0.25) is 0 Å². The standard InChI is InChI=1S/C73H144/c1-16-20-22-31-47-62(8)56-70(42-18-3)57-63(9)55-61(7)46-34-28-26-24-25-27-32-44-60(6)45-33-29-30-36-54-72(66(12)49-38-37-43-59(5)19-4)67(13)52-41-51-65(11)69(15)64(10)48-39-40-50-68(14)73-58-71(73)53-35-23-21-17-2/h41,52,59-73H,16-40,42-51,53-58H2,1-15H3. The molecular formula is C73H144. The average Bonchev–Trinajstić information content (AvgIpc) is 4.15. The van der Waals surface area contributed by atoms with Crippen LogP contribution in [0.3, 0.4) is 0 Å². The van der Waals surface area contributed by atoms with Crippen LogP contribution in [0.2, 0.25) is 0 Å². The van der Waals surface area contributed by atoms with Crippen LogP contribution in [0.15, 0.2) is 12.2 Å². The van der Waals surface area contributed by atoms with Crippen LogP contribution in [0.4, 0.5) is 0 Å². The summed E-state index contributed by atoms with van der Waals surface area (Å²) >= 11 is 0. The molecule has 15 atom stereocenters. The van der Waals surface area contributed by atoms with Crippen LogP contribution in [0.5, 0.6) is 0 Å². The molecule has 0 amide bonds. The SMILES string of the molecule is CCCCCCC(C)CC(CCC)CC(C)CC(C)CCCCCCCCCC(C)CCCCCCC(C(C)C=CCC(C)C(C)C(C)CCCCC(C)C1CC1CCCCCC)C(C)CCCCC(C)CC. The molecule has 1 rings (SSSR count). The van der Waals surface area contributed by atoms with Crippen LogP contribution >= 0.6 is 0 Å². The molecule has 15 unspecified atom stereocenters. The Kier molecular flexibility index (Phi) is 45.2. The Morgan fingerprint density at radius 1 is 0.370 bits per heavy atom. The first-order chi connectivity index (χ1) is 35.2. The second-order valence-corrected chi connectivity index (χ2v) is 28.2. The van der Waals surface area contributed by atoms with E-state index in [0.717, 1.165) is 82.9 Å². The smallest absolute Gasteiger partial charge is 0.0231 e. The molecule has 0 radical (unpaired) electrons. The maximum atomic E-state index is 2.68. The predicted molar refractivity (Wildman–Crippen MR) is 336 cm³/mol. The van der Waals surface area contributed by atoms with Gasteiger partial charge in [-0.05, 0) is 127 Å². The highest BCUT2D eigenvalue weighted by atomic mass is 14.4. The normalized spacial score (nSPS) is 20.5. The van der Waals surface area contributed by atoms with Gasteiger partial charge in [-0.1, -0.05) is 341 Å². The third kappa shape index (κ3) is 38.1. The first kappa shape index (κ1) is 70.8. The Labute approximate surface area is 465 Å². The van der Waals surface area contributed by atoms with Crippen LogP contribution in [0.25, 0.3) is 0 Å². The molecule has 73 heavy (non-hydrogen) atoms. The Balaban J connectivity index is 2.32. The first-order valence-electron chi connectivity index (χ1n) is 34.8. The summed E-state index contributed by atoms with van der Waals surface area (Å²) in [6.07, 6.45) is 64.5. The number of allylic oxidation sites excluding steroid dienone is 2. The lowest BCUT2D eigenvalue weighted by Crippen LogP contribution is -2.19. The van der Waals surface area contributed by atoms with Gasteiger partial charge >= 0.3 is 0 Å². The molecule has 0 aliphatic heterocycles. The molecule has 1 saturated carbocycles. The summed E-state index contributed by atoms with van der Waals surface area (Å²) in [5.41, 5.74) is 0. The van der Waals surface area contributed by atoms with Crippen molar-refractivity contribution in [1.82, 2.24) is 0 Å². The molecule has 0 heteroatoms. The van der Waals surface area contributed by atoms with Gasteiger partial charge < -0.3 is 0 Å². The van der Waals surface area contributed by atoms with E-state index in [9.17, 15) is 0 Å². The van der Waals surface area contributed by atoms with Crippen LogP contribution in [0, 0.1) is 88.8 Å². The molecule has 0 saturated heterocycles. The highest BCUT2D eigenvalue weighted by Crippen LogP contribution is 2.49. The van der Waals surface area contributed by atoms with E-state index < -0.39 is 0 Å². The summed E-state index contributed by atoms with van der Waals surface area (Å²) in [6, 6.07) is 0. The van der Waals surface area contributed by atoms with Crippen LogP contribution in [-0.4, -0.2) is 0 Å². The molecule has 0 N–H and O–H groups in total. The molecule has 1 aliphatic carbocycles. The lowest BCUT2D eigenvalue weighted by molar-refractivity contribution is 0.243. The molecule has 0 spiro atoms. The van der Waals surface area contributed by atoms with Crippen molar-refractivity contribution in [2.75, 3.05) is 0 Å². The van der Waals surface area contributed by atoms with Gasteiger partial charge in [0.05, 0.1) is 0 Å². The van der Waals surface area contributed by atoms with Crippen molar-refractivity contribution < 1.29 is 0 Å². The van der Waals surface area contributed by atoms with E-state index >= 15 is 0 Å².